The fourth-order valence-corrected chi connectivity index (χ4v) is 1.60. The number of aromatic nitrogens is 2. The molecule has 1 rings (SSSR count). The zero-order valence-electron chi connectivity index (χ0n) is 11.8. The first-order chi connectivity index (χ1) is 9.93. The lowest BCUT2D eigenvalue weighted by Gasteiger charge is -2.17. The van der Waals surface area contributed by atoms with Gasteiger partial charge >= 0.3 is 18.0 Å². The number of hydrogen-bond acceptors (Lipinski definition) is 5. The number of aromatic amines is 1. The lowest BCUT2D eigenvalue weighted by Crippen LogP contribution is -2.46. The molecule has 2 atom stereocenters. The molecule has 1 heterocycles. The van der Waals surface area contributed by atoms with Gasteiger partial charge in [-0.2, -0.15) is 5.10 Å². The Morgan fingerprint density at radius 1 is 1.43 bits per heavy atom. The monoisotopic (exact) mass is 298 g/mol. The van der Waals surface area contributed by atoms with Gasteiger partial charge in [0.15, 0.2) is 0 Å². The minimum absolute atomic E-state index is 0.0461. The molecule has 1 unspecified atom stereocenters. The van der Waals surface area contributed by atoms with Gasteiger partial charge in [0.25, 0.3) is 0 Å². The molecule has 21 heavy (non-hydrogen) atoms. The molecule has 0 saturated carbocycles. The van der Waals surface area contributed by atoms with Crippen LogP contribution in [0.4, 0.5) is 4.79 Å². The Bertz CT molecular complexity index is 488. The number of carboxylic acid groups (broad SMARTS) is 1. The van der Waals surface area contributed by atoms with E-state index in [1.54, 1.807) is 19.3 Å². The number of hydrogen-bond donors (Lipinski definition) is 4. The first-order valence-electron chi connectivity index (χ1n) is 6.29. The van der Waals surface area contributed by atoms with Crippen molar-refractivity contribution in [2.45, 2.75) is 31.8 Å². The summed E-state index contributed by atoms with van der Waals surface area (Å²) in [5.41, 5.74) is 0.756. The summed E-state index contributed by atoms with van der Waals surface area (Å²) in [6.45, 7) is 1.73. The number of aliphatic carboxylic acids is 1. The number of carbonyl (C=O) groups excluding carboxylic acids is 2. The van der Waals surface area contributed by atoms with Crippen molar-refractivity contribution >= 4 is 18.0 Å². The van der Waals surface area contributed by atoms with Crippen LogP contribution in [0, 0.1) is 0 Å². The second-order valence-corrected chi connectivity index (χ2v) is 4.38. The van der Waals surface area contributed by atoms with Crippen LogP contribution in [-0.4, -0.2) is 46.4 Å². The lowest BCUT2D eigenvalue weighted by molar-refractivity contribution is -0.142. The molecule has 0 bridgehead atoms. The highest BCUT2D eigenvalue weighted by Crippen LogP contribution is 2.08. The van der Waals surface area contributed by atoms with Crippen LogP contribution in [0.2, 0.25) is 0 Å². The van der Waals surface area contributed by atoms with Crippen molar-refractivity contribution < 1.29 is 24.2 Å². The van der Waals surface area contributed by atoms with Gasteiger partial charge in [0.1, 0.15) is 6.04 Å². The van der Waals surface area contributed by atoms with Gasteiger partial charge in [-0.25, -0.2) is 9.59 Å². The summed E-state index contributed by atoms with van der Waals surface area (Å²) in [6, 6.07) is -2.14. The van der Waals surface area contributed by atoms with E-state index in [1.165, 1.54) is 7.11 Å². The number of methoxy groups -OCH3 is 1. The molecule has 4 N–H and O–H groups in total. The Morgan fingerprint density at radius 2 is 2.14 bits per heavy atom. The second kappa shape index (κ2) is 7.88. The van der Waals surface area contributed by atoms with Gasteiger partial charge in [-0.1, -0.05) is 0 Å². The predicted octanol–water partition coefficient (Wildman–Crippen LogP) is 0.176. The third kappa shape index (κ3) is 5.51. The molecule has 0 aliphatic heterocycles. The third-order valence-electron chi connectivity index (χ3n) is 2.84. The molecule has 0 spiro atoms. The summed E-state index contributed by atoms with van der Waals surface area (Å²) >= 11 is 0. The van der Waals surface area contributed by atoms with Crippen molar-refractivity contribution in [3.05, 3.63) is 18.0 Å². The highest BCUT2D eigenvalue weighted by Gasteiger charge is 2.22. The number of nitrogens with zero attached hydrogens (tertiary/aromatic N) is 1. The molecule has 0 saturated heterocycles. The van der Waals surface area contributed by atoms with Gasteiger partial charge in [0.2, 0.25) is 0 Å². The smallest absolute Gasteiger partial charge is 0.326 e. The average molecular weight is 298 g/mol. The van der Waals surface area contributed by atoms with Crippen molar-refractivity contribution in [2.24, 2.45) is 0 Å². The van der Waals surface area contributed by atoms with Gasteiger partial charge in [-0.05, 0) is 13.3 Å². The maximum atomic E-state index is 11.7. The maximum Gasteiger partial charge on any atom is 0.326 e. The van der Waals surface area contributed by atoms with Crippen molar-refractivity contribution in [3.8, 4) is 0 Å². The van der Waals surface area contributed by atoms with E-state index in [4.69, 9.17) is 5.11 Å². The Labute approximate surface area is 121 Å². The molecule has 0 fully saturated rings. The summed E-state index contributed by atoms with van der Waals surface area (Å²) in [7, 11) is 1.21. The number of carboxylic acids is 1. The number of urea groups is 1. The predicted molar refractivity (Wildman–Crippen MR) is 71.3 cm³/mol. The number of H-pyrrole nitrogens is 1. The van der Waals surface area contributed by atoms with Crippen molar-refractivity contribution in [2.75, 3.05) is 7.11 Å². The summed E-state index contributed by atoms with van der Waals surface area (Å²) in [4.78, 5) is 33.8. The van der Waals surface area contributed by atoms with Crippen molar-refractivity contribution in [3.63, 3.8) is 0 Å². The molecule has 9 heteroatoms. The number of esters is 1. The second-order valence-electron chi connectivity index (χ2n) is 4.38. The quantitative estimate of drug-likeness (QED) is 0.530. The van der Waals surface area contributed by atoms with Gasteiger partial charge in [-0.15, -0.1) is 0 Å². The fraction of sp³-hybridized carbons (Fsp3) is 0.500. The summed E-state index contributed by atoms with van der Waals surface area (Å²) < 4.78 is 4.43. The van der Waals surface area contributed by atoms with Gasteiger partial charge in [-0.3, -0.25) is 9.89 Å². The van der Waals surface area contributed by atoms with Crippen LogP contribution in [0.15, 0.2) is 12.4 Å². The summed E-state index contributed by atoms with van der Waals surface area (Å²) in [6.07, 6.45) is 3.04. The molecule has 9 nitrogen and oxygen atoms in total. The fourth-order valence-electron chi connectivity index (χ4n) is 1.60. The molecule has 1 aromatic heterocycles. The van der Waals surface area contributed by atoms with E-state index in [0.29, 0.717) is 0 Å². The zero-order chi connectivity index (χ0) is 15.8. The van der Waals surface area contributed by atoms with Crippen LogP contribution in [-0.2, 0) is 14.3 Å². The largest absolute Gasteiger partial charge is 0.480 e. The molecule has 0 aromatic carbocycles. The van der Waals surface area contributed by atoms with Crippen LogP contribution >= 0.6 is 0 Å². The Hall–Kier alpha value is -2.58. The highest BCUT2D eigenvalue weighted by atomic mass is 16.5. The number of nitrogens with one attached hydrogen (secondary N) is 3. The molecular weight excluding hydrogens is 280 g/mol. The first-order valence-corrected chi connectivity index (χ1v) is 6.29. The summed E-state index contributed by atoms with van der Waals surface area (Å²) in [5, 5.41) is 20.3. The molecular formula is C12H18N4O5. The third-order valence-corrected chi connectivity index (χ3v) is 2.84. The normalized spacial score (nSPS) is 13.0. The number of ether oxygens (including phenoxy) is 1. The average Bonchev–Trinajstić information content (AvgIpc) is 2.96. The van der Waals surface area contributed by atoms with E-state index in [-0.39, 0.29) is 18.9 Å². The van der Waals surface area contributed by atoms with Crippen molar-refractivity contribution in [1.82, 2.24) is 20.8 Å². The van der Waals surface area contributed by atoms with Crippen LogP contribution in [0.3, 0.4) is 0 Å². The van der Waals surface area contributed by atoms with Crippen LogP contribution in [0.5, 0.6) is 0 Å². The summed E-state index contributed by atoms with van der Waals surface area (Å²) in [5.74, 6) is -1.75. The van der Waals surface area contributed by atoms with Gasteiger partial charge in [0.05, 0.1) is 19.3 Å². The first kappa shape index (κ1) is 16.5. The van der Waals surface area contributed by atoms with Crippen molar-refractivity contribution in [1.29, 1.82) is 0 Å². The Balaban J connectivity index is 2.48. The Morgan fingerprint density at radius 3 is 2.67 bits per heavy atom. The SMILES string of the molecule is COC(=O)CC[C@H](NC(=O)NC(C)c1cn[nH]c1)C(=O)O. The molecule has 0 radical (unpaired) electrons. The number of carbonyl (C=O) groups is 3. The zero-order valence-corrected chi connectivity index (χ0v) is 11.8. The molecule has 116 valence electrons. The van der Waals surface area contributed by atoms with Gasteiger partial charge < -0.3 is 20.5 Å². The van der Waals surface area contributed by atoms with E-state index >= 15 is 0 Å². The minimum atomic E-state index is -1.22. The number of amides is 2. The van der Waals surface area contributed by atoms with E-state index in [2.05, 4.69) is 25.6 Å². The maximum absolute atomic E-state index is 11.7. The molecule has 0 aliphatic rings. The minimum Gasteiger partial charge on any atom is -0.480 e. The number of rotatable bonds is 7. The standard InChI is InChI=1S/C12H18N4O5/c1-7(8-5-13-14-6-8)15-12(20)16-9(11(18)19)3-4-10(17)21-2/h5-7,9H,3-4H2,1-2H3,(H,13,14)(H,18,19)(H2,15,16,20)/t7?,9-/m0/s1. The van der Waals surface area contributed by atoms with E-state index in [1.807, 2.05) is 0 Å². The van der Waals surface area contributed by atoms with E-state index < -0.39 is 24.0 Å². The Kier molecular flexibility index (Phi) is 6.18. The van der Waals surface area contributed by atoms with E-state index in [9.17, 15) is 14.4 Å². The van der Waals surface area contributed by atoms with Crippen LogP contribution in [0.25, 0.3) is 0 Å². The lowest BCUT2D eigenvalue weighted by atomic mass is 10.1. The van der Waals surface area contributed by atoms with Gasteiger partial charge in [0, 0.05) is 18.2 Å². The van der Waals surface area contributed by atoms with Crippen LogP contribution < -0.4 is 10.6 Å². The van der Waals surface area contributed by atoms with E-state index in [0.717, 1.165) is 5.56 Å². The van der Waals surface area contributed by atoms with Crippen LogP contribution in [0.1, 0.15) is 31.4 Å². The molecule has 2 amide bonds. The topological polar surface area (TPSA) is 133 Å². The highest BCUT2D eigenvalue weighted by molar-refractivity contribution is 5.83. The molecule has 1 aromatic rings. The molecule has 0 aliphatic carbocycles.